The summed E-state index contributed by atoms with van der Waals surface area (Å²) >= 11 is 0. The number of hydrogen-bond acceptors (Lipinski definition) is 4. The fourth-order valence-corrected chi connectivity index (χ4v) is 3.69. The molecule has 0 bridgehead atoms. The number of carbonyl (C=O) groups is 1. The first-order valence-electron chi connectivity index (χ1n) is 7.36. The Bertz CT molecular complexity index is 403. The molecule has 0 atom stereocenters. The van der Waals surface area contributed by atoms with Crippen LogP contribution in [0.1, 0.15) is 45.4 Å². The molecular formula is C13H27N3O3S. The molecule has 0 aliphatic heterocycles. The molecule has 6 nitrogen and oxygen atoms in total. The van der Waals surface area contributed by atoms with Gasteiger partial charge in [-0.1, -0.05) is 26.2 Å². The van der Waals surface area contributed by atoms with Gasteiger partial charge in [-0.05, 0) is 19.9 Å². The van der Waals surface area contributed by atoms with E-state index in [-0.39, 0.29) is 23.7 Å². The summed E-state index contributed by atoms with van der Waals surface area (Å²) in [4.78, 5) is 12.0. The minimum absolute atomic E-state index is 0.0703. The quantitative estimate of drug-likeness (QED) is 0.604. The summed E-state index contributed by atoms with van der Waals surface area (Å²) in [5, 5.41) is 5.99. The van der Waals surface area contributed by atoms with Crippen molar-refractivity contribution in [3.8, 4) is 0 Å². The van der Waals surface area contributed by atoms with Crippen molar-refractivity contribution in [3.63, 3.8) is 0 Å². The maximum absolute atomic E-state index is 12.0. The minimum Gasteiger partial charge on any atom is -0.355 e. The van der Waals surface area contributed by atoms with Gasteiger partial charge in [-0.15, -0.1) is 0 Å². The maximum Gasteiger partial charge on any atom is 0.221 e. The van der Waals surface area contributed by atoms with E-state index in [0.717, 1.165) is 25.7 Å². The molecule has 3 N–H and O–H groups in total. The zero-order chi connectivity index (χ0) is 15.1. The van der Waals surface area contributed by atoms with Gasteiger partial charge in [0, 0.05) is 25.0 Å². The van der Waals surface area contributed by atoms with Crippen molar-refractivity contribution in [1.29, 1.82) is 0 Å². The van der Waals surface area contributed by atoms with Crippen LogP contribution in [0.3, 0.4) is 0 Å². The van der Waals surface area contributed by atoms with Crippen molar-refractivity contribution in [2.45, 2.75) is 51.0 Å². The third-order valence-electron chi connectivity index (χ3n) is 3.90. The molecule has 0 spiro atoms. The Morgan fingerprint density at radius 3 is 2.40 bits per heavy atom. The van der Waals surface area contributed by atoms with E-state index in [9.17, 15) is 13.2 Å². The molecule has 1 fully saturated rings. The zero-order valence-electron chi connectivity index (χ0n) is 12.5. The predicted molar refractivity (Wildman–Crippen MR) is 80.0 cm³/mol. The van der Waals surface area contributed by atoms with Crippen LogP contribution in [0.25, 0.3) is 0 Å². The van der Waals surface area contributed by atoms with Crippen molar-refractivity contribution in [2.24, 2.45) is 0 Å². The highest BCUT2D eigenvalue weighted by Crippen LogP contribution is 2.30. The summed E-state index contributed by atoms with van der Waals surface area (Å²) in [6.45, 7) is 2.27. The van der Waals surface area contributed by atoms with Crippen LogP contribution < -0.4 is 15.4 Å². The lowest BCUT2D eigenvalue weighted by molar-refractivity contribution is -0.122. The smallest absolute Gasteiger partial charge is 0.221 e. The molecule has 1 aliphatic rings. The minimum atomic E-state index is -3.26. The molecule has 0 aromatic carbocycles. The van der Waals surface area contributed by atoms with Crippen LogP contribution in [0.2, 0.25) is 0 Å². The van der Waals surface area contributed by atoms with Gasteiger partial charge in [0.1, 0.15) is 0 Å². The largest absolute Gasteiger partial charge is 0.355 e. The Morgan fingerprint density at radius 2 is 1.85 bits per heavy atom. The van der Waals surface area contributed by atoms with Gasteiger partial charge < -0.3 is 10.6 Å². The summed E-state index contributed by atoms with van der Waals surface area (Å²) in [6.07, 6.45) is 5.95. The molecule has 0 aromatic heterocycles. The molecule has 0 unspecified atom stereocenters. The first kappa shape index (κ1) is 17.4. The highest BCUT2D eigenvalue weighted by Gasteiger charge is 2.32. The molecule has 1 saturated carbocycles. The fourth-order valence-electron chi connectivity index (χ4n) is 2.73. The van der Waals surface area contributed by atoms with E-state index in [0.29, 0.717) is 13.0 Å². The van der Waals surface area contributed by atoms with Crippen molar-refractivity contribution in [2.75, 3.05) is 25.9 Å². The molecule has 7 heteroatoms. The van der Waals surface area contributed by atoms with E-state index >= 15 is 0 Å². The normalized spacial score (nSPS) is 18.7. The highest BCUT2D eigenvalue weighted by molar-refractivity contribution is 7.89. The van der Waals surface area contributed by atoms with Gasteiger partial charge in [0.2, 0.25) is 15.9 Å². The second-order valence-corrected chi connectivity index (χ2v) is 7.36. The Balaban J connectivity index is 2.36. The molecular weight excluding hydrogens is 278 g/mol. The predicted octanol–water partition coefficient (Wildman–Crippen LogP) is 0.354. The number of rotatable bonds is 8. The van der Waals surface area contributed by atoms with Crippen LogP contribution in [-0.2, 0) is 14.8 Å². The van der Waals surface area contributed by atoms with Crippen LogP contribution in [0.4, 0.5) is 0 Å². The Kier molecular flexibility index (Phi) is 6.91. The lowest BCUT2D eigenvalue weighted by Crippen LogP contribution is -2.48. The number of nitrogens with one attached hydrogen (secondary N) is 3. The number of amides is 1. The van der Waals surface area contributed by atoms with Gasteiger partial charge in [-0.25, -0.2) is 13.1 Å². The third kappa shape index (κ3) is 5.76. The fraction of sp³-hybridized carbons (Fsp3) is 0.923. The first-order valence-corrected chi connectivity index (χ1v) is 9.01. The van der Waals surface area contributed by atoms with Crippen LogP contribution in [0.5, 0.6) is 0 Å². The van der Waals surface area contributed by atoms with E-state index in [4.69, 9.17) is 0 Å². The molecule has 1 aliphatic carbocycles. The van der Waals surface area contributed by atoms with E-state index < -0.39 is 10.0 Å². The summed E-state index contributed by atoms with van der Waals surface area (Å²) < 4.78 is 25.3. The molecule has 1 rings (SSSR count). The standard InChI is InChI=1S/C13H27N3O3S/c1-3-16-20(18,19)10-9-15-12(17)11-13(14-2)7-5-4-6-8-13/h14,16H,3-11H2,1-2H3,(H,15,17). The lowest BCUT2D eigenvalue weighted by Gasteiger charge is -2.36. The van der Waals surface area contributed by atoms with Gasteiger partial charge in [-0.3, -0.25) is 4.79 Å². The van der Waals surface area contributed by atoms with Gasteiger partial charge in [-0.2, -0.15) is 0 Å². The van der Waals surface area contributed by atoms with Gasteiger partial charge >= 0.3 is 0 Å². The van der Waals surface area contributed by atoms with E-state index in [2.05, 4.69) is 15.4 Å². The van der Waals surface area contributed by atoms with Crippen molar-refractivity contribution < 1.29 is 13.2 Å². The average molecular weight is 305 g/mol. The van der Waals surface area contributed by atoms with Crippen LogP contribution >= 0.6 is 0 Å². The topological polar surface area (TPSA) is 87.3 Å². The lowest BCUT2D eigenvalue weighted by atomic mass is 9.79. The van der Waals surface area contributed by atoms with Gasteiger partial charge in [0.05, 0.1) is 5.75 Å². The molecule has 1 amide bonds. The molecule has 0 heterocycles. The Morgan fingerprint density at radius 1 is 1.20 bits per heavy atom. The van der Waals surface area contributed by atoms with Gasteiger partial charge in [0.25, 0.3) is 0 Å². The monoisotopic (exact) mass is 305 g/mol. The van der Waals surface area contributed by atoms with Crippen LogP contribution in [0.15, 0.2) is 0 Å². The first-order chi connectivity index (χ1) is 9.43. The van der Waals surface area contributed by atoms with Crippen LogP contribution in [-0.4, -0.2) is 45.8 Å². The molecule has 0 radical (unpaired) electrons. The number of hydrogen-bond donors (Lipinski definition) is 3. The molecule has 20 heavy (non-hydrogen) atoms. The number of sulfonamides is 1. The van der Waals surface area contributed by atoms with E-state index in [1.54, 1.807) is 6.92 Å². The second kappa shape index (κ2) is 7.95. The molecule has 0 saturated heterocycles. The number of carbonyl (C=O) groups excluding carboxylic acids is 1. The summed E-state index contributed by atoms with van der Waals surface area (Å²) in [7, 11) is -1.36. The SMILES string of the molecule is CCNS(=O)(=O)CCNC(=O)CC1(NC)CCCCC1. The van der Waals surface area contributed by atoms with Crippen molar-refractivity contribution >= 4 is 15.9 Å². The molecule has 0 aromatic rings. The second-order valence-electron chi connectivity index (χ2n) is 5.43. The third-order valence-corrected chi connectivity index (χ3v) is 5.37. The molecule has 118 valence electrons. The van der Waals surface area contributed by atoms with E-state index in [1.807, 2.05) is 7.05 Å². The maximum atomic E-state index is 12.0. The van der Waals surface area contributed by atoms with Crippen LogP contribution in [0, 0.1) is 0 Å². The average Bonchev–Trinajstić information content (AvgIpc) is 2.39. The van der Waals surface area contributed by atoms with Crippen molar-refractivity contribution in [1.82, 2.24) is 15.4 Å². The Labute approximate surface area is 122 Å². The van der Waals surface area contributed by atoms with Crippen molar-refractivity contribution in [3.05, 3.63) is 0 Å². The zero-order valence-corrected chi connectivity index (χ0v) is 13.3. The van der Waals surface area contributed by atoms with E-state index in [1.165, 1.54) is 6.42 Å². The summed E-state index contributed by atoms with van der Waals surface area (Å²) in [6, 6.07) is 0. The Hall–Kier alpha value is -0.660. The summed E-state index contributed by atoms with van der Waals surface area (Å²) in [5.74, 6) is -0.146. The highest BCUT2D eigenvalue weighted by atomic mass is 32.2. The summed E-state index contributed by atoms with van der Waals surface area (Å²) in [5.41, 5.74) is -0.108. The van der Waals surface area contributed by atoms with Gasteiger partial charge in [0.15, 0.2) is 0 Å².